The SMILES string of the molecule is CC(C)(C)OC(=O)NCCCNCCC1CCCC1. The Morgan fingerprint density at radius 2 is 1.84 bits per heavy atom. The molecule has 0 unspecified atom stereocenters. The van der Waals surface area contributed by atoms with Gasteiger partial charge in [0.15, 0.2) is 0 Å². The van der Waals surface area contributed by atoms with Gasteiger partial charge < -0.3 is 15.4 Å². The van der Waals surface area contributed by atoms with Crippen LogP contribution in [-0.4, -0.2) is 31.3 Å². The van der Waals surface area contributed by atoms with E-state index < -0.39 is 5.60 Å². The van der Waals surface area contributed by atoms with E-state index >= 15 is 0 Å². The highest BCUT2D eigenvalue weighted by Gasteiger charge is 2.15. The van der Waals surface area contributed by atoms with E-state index in [0.717, 1.165) is 25.4 Å². The fourth-order valence-corrected chi connectivity index (χ4v) is 2.45. The molecule has 0 spiro atoms. The molecule has 1 amide bonds. The molecular formula is C15H30N2O2. The van der Waals surface area contributed by atoms with E-state index in [9.17, 15) is 4.79 Å². The summed E-state index contributed by atoms with van der Waals surface area (Å²) in [5, 5.41) is 6.21. The number of ether oxygens (including phenoxy) is 1. The lowest BCUT2D eigenvalue weighted by Crippen LogP contribution is -2.34. The average molecular weight is 270 g/mol. The molecule has 2 N–H and O–H groups in total. The molecule has 1 aliphatic rings. The Bertz CT molecular complexity index is 255. The standard InChI is InChI=1S/C15H30N2O2/c1-15(2,3)19-14(18)17-11-6-10-16-12-9-13-7-4-5-8-13/h13,16H,4-12H2,1-3H3,(H,17,18). The zero-order valence-electron chi connectivity index (χ0n) is 12.8. The summed E-state index contributed by atoms with van der Waals surface area (Å²) >= 11 is 0. The van der Waals surface area contributed by atoms with Crippen molar-refractivity contribution in [3.8, 4) is 0 Å². The zero-order chi connectivity index (χ0) is 14.1. The largest absolute Gasteiger partial charge is 0.444 e. The summed E-state index contributed by atoms with van der Waals surface area (Å²) in [6.45, 7) is 8.36. The normalized spacial score (nSPS) is 16.6. The van der Waals surface area contributed by atoms with Gasteiger partial charge in [0, 0.05) is 6.54 Å². The fraction of sp³-hybridized carbons (Fsp3) is 0.933. The van der Waals surface area contributed by atoms with Crippen LogP contribution in [0.2, 0.25) is 0 Å². The predicted octanol–water partition coefficient (Wildman–Crippen LogP) is 3.07. The third-order valence-electron chi connectivity index (χ3n) is 3.40. The molecule has 0 saturated heterocycles. The van der Waals surface area contributed by atoms with Gasteiger partial charge in [-0.1, -0.05) is 25.7 Å². The molecule has 0 aromatic rings. The maximum absolute atomic E-state index is 11.4. The minimum absolute atomic E-state index is 0.321. The van der Waals surface area contributed by atoms with Crippen molar-refractivity contribution in [3.05, 3.63) is 0 Å². The summed E-state index contributed by atoms with van der Waals surface area (Å²) in [4.78, 5) is 11.4. The highest BCUT2D eigenvalue weighted by Crippen LogP contribution is 2.26. The molecule has 4 nitrogen and oxygen atoms in total. The molecule has 0 bridgehead atoms. The van der Waals surface area contributed by atoms with Gasteiger partial charge in [-0.25, -0.2) is 4.79 Å². The van der Waals surface area contributed by atoms with E-state index in [0.29, 0.717) is 6.54 Å². The molecule has 4 heteroatoms. The van der Waals surface area contributed by atoms with Crippen LogP contribution in [0.15, 0.2) is 0 Å². The maximum atomic E-state index is 11.4. The second-order valence-electron chi connectivity index (χ2n) is 6.47. The van der Waals surface area contributed by atoms with Gasteiger partial charge in [0.1, 0.15) is 5.60 Å². The van der Waals surface area contributed by atoms with Crippen molar-refractivity contribution in [1.29, 1.82) is 0 Å². The quantitative estimate of drug-likeness (QED) is 0.699. The van der Waals surface area contributed by atoms with E-state index in [4.69, 9.17) is 4.74 Å². The number of carbonyl (C=O) groups is 1. The molecule has 1 fully saturated rings. The molecular weight excluding hydrogens is 240 g/mol. The summed E-state index contributed by atoms with van der Waals surface area (Å²) in [7, 11) is 0. The Hall–Kier alpha value is -0.770. The molecule has 1 rings (SSSR count). The van der Waals surface area contributed by atoms with E-state index in [1.165, 1.54) is 32.1 Å². The smallest absolute Gasteiger partial charge is 0.407 e. The molecule has 0 aromatic heterocycles. The number of rotatable bonds is 7. The van der Waals surface area contributed by atoms with E-state index in [1.54, 1.807) is 0 Å². The predicted molar refractivity (Wildman–Crippen MR) is 78.3 cm³/mol. The van der Waals surface area contributed by atoms with Gasteiger partial charge in [0.2, 0.25) is 0 Å². The van der Waals surface area contributed by atoms with Crippen LogP contribution in [0.1, 0.15) is 59.3 Å². The third-order valence-corrected chi connectivity index (χ3v) is 3.40. The molecule has 1 saturated carbocycles. The van der Waals surface area contributed by atoms with Gasteiger partial charge in [0.05, 0.1) is 0 Å². The highest BCUT2D eigenvalue weighted by atomic mass is 16.6. The summed E-state index contributed by atoms with van der Waals surface area (Å²) < 4.78 is 5.16. The summed E-state index contributed by atoms with van der Waals surface area (Å²) in [6, 6.07) is 0. The number of nitrogens with one attached hydrogen (secondary N) is 2. The topological polar surface area (TPSA) is 50.4 Å². The van der Waals surface area contributed by atoms with Crippen molar-refractivity contribution in [2.75, 3.05) is 19.6 Å². The van der Waals surface area contributed by atoms with Crippen molar-refractivity contribution in [3.63, 3.8) is 0 Å². The molecule has 0 heterocycles. The first-order chi connectivity index (χ1) is 8.97. The minimum Gasteiger partial charge on any atom is -0.444 e. The summed E-state index contributed by atoms with van der Waals surface area (Å²) in [5.41, 5.74) is -0.413. The minimum atomic E-state index is -0.413. The van der Waals surface area contributed by atoms with Crippen molar-refractivity contribution < 1.29 is 9.53 Å². The first-order valence-corrected chi connectivity index (χ1v) is 7.65. The monoisotopic (exact) mass is 270 g/mol. The number of alkyl carbamates (subject to hydrolysis) is 1. The fourth-order valence-electron chi connectivity index (χ4n) is 2.45. The number of carbonyl (C=O) groups excluding carboxylic acids is 1. The molecule has 19 heavy (non-hydrogen) atoms. The average Bonchev–Trinajstić information content (AvgIpc) is 2.78. The van der Waals surface area contributed by atoms with Gasteiger partial charge in [0.25, 0.3) is 0 Å². The molecule has 0 aliphatic heterocycles. The van der Waals surface area contributed by atoms with E-state index in [1.807, 2.05) is 20.8 Å². The van der Waals surface area contributed by atoms with Gasteiger partial charge in [-0.2, -0.15) is 0 Å². The van der Waals surface area contributed by atoms with Crippen LogP contribution in [0.5, 0.6) is 0 Å². The highest BCUT2D eigenvalue weighted by molar-refractivity contribution is 5.67. The molecule has 0 radical (unpaired) electrons. The van der Waals surface area contributed by atoms with Crippen LogP contribution in [0, 0.1) is 5.92 Å². The number of amides is 1. The van der Waals surface area contributed by atoms with Gasteiger partial charge >= 0.3 is 6.09 Å². The Kier molecular flexibility index (Phi) is 7.21. The first-order valence-electron chi connectivity index (χ1n) is 7.65. The Morgan fingerprint density at radius 1 is 1.16 bits per heavy atom. The molecule has 1 aliphatic carbocycles. The third kappa shape index (κ3) is 8.87. The number of hydrogen-bond acceptors (Lipinski definition) is 3. The number of hydrogen-bond donors (Lipinski definition) is 2. The lowest BCUT2D eigenvalue weighted by molar-refractivity contribution is 0.0527. The van der Waals surface area contributed by atoms with Gasteiger partial charge in [-0.15, -0.1) is 0 Å². The Balaban J connectivity index is 1.86. The van der Waals surface area contributed by atoms with Crippen LogP contribution in [-0.2, 0) is 4.74 Å². The first kappa shape index (κ1) is 16.3. The van der Waals surface area contributed by atoms with E-state index in [-0.39, 0.29) is 6.09 Å². The maximum Gasteiger partial charge on any atom is 0.407 e. The second kappa shape index (κ2) is 8.41. The Morgan fingerprint density at radius 3 is 2.47 bits per heavy atom. The van der Waals surface area contributed by atoms with Crippen LogP contribution < -0.4 is 10.6 Å². The molecule has 0 aromatic carbocycles. The van der Waals surface area contributed by atoms with Crippen LogP contribution in [0.3, 0.4) is 0 Å². The van der Waals surface area contributed by atoms with Crippen LogP contribution in [0.25, 0.3) is 0 Å². The van der Waals surface area contributed by atoms with Crippen molar-refractivity contribution in [2.24, 2.45) is 5.92 Å². The van der Waals surface area contributed by atoms with Crippen LogP contribution >= 0.6 is 0 Å². The van der Waals surface area contributed by atoms with Crippen molar-refractivity contribution in [2.45, 2.75) is 64.9 Å². The van der Waals surface area contributed by atoms with Crippen LogP contribution in [0.4, 0.5) is 4.79 Å². The zero-order valence-corrected chi connectivity index (χ0v) is 12.8. The van der Waals surface area contributed by atoms with Gasteiger partial charge in [-0.05, 0) is 52.6 Å². The molecule has 112 valence electrons. The van der Waals surface area contributed by atoms with Crippen molar-refractivity contribution >= 4 is 6.09 Å². The lowest BCUT2D eigenvalue weighted by atomic mass is 10.0. The lowest BCUT2D eigenvalue weighted by Gasteiger charge is -2.19. The Labute approximate surface area is 117 Å². The second-order valence-corrected chi connectivity index (χ2v) is 6.47. The summed E-state index contributed by atoms with van der Waals surface area (Å²) in [6.07, 6.45) is 7.61. The van der Waals surface area contributed by atoms with Gasteiger partial charge in [-0.3, -0.25) is 0 Å². The van der Waals surface area contributed by atoms with Crippen molar-refractivity contribution in [1.82, 2.24) is 10.6 Å². The summed E-state index contributed by atoms with van der Waals surface area (Å²) in [5.74, 6) is 0.951. The molecule has 0 atom stereocenters. The van der Waals surface area contributed by atoms with E-state index in [2.05, 4.69) is 10.6 Å².